The molecule has 0 aliphatic rings. The number of halogens is 2. The summed E-state index contributed by atoms with van der Waals surface area (Å²) in [4.78, 5) is 0. The van der Waals surface area contributed by atoms with Crippen LogP contribution in [0.2, 0.25) is 5.02 Å². The first kappa shape index (κ1) is 15.8. The zero-order chi connectivity index (χ0) is 15.4. The van der Waals surface area contributed by atoms with Crippen LogP contribution in [-0.4, -0.2) is 6.04 Å². The van der Waals surface area contributed by atoms with Gasteiger partial charge in [-0.15, -0.1) is 0 Å². The summed E-state index contributed by atoms with van der Waals surface area (Å²) in [5.41, 5.74) is 1.79. The fourth-order valence-electron chi connectivity index (χ4n) is 1.86. The van der Waals surface area contributed by atoms with E-state index < -0.39 is 0 Å². The van der Waals surface area contributed by atoms with Crippen LogP contribution in [0.25, 0.3) is 0 Å². The number of rotatable bonds is 5. The van der Waals surface area contributed by atoms with Crippen molar-refractivity contribution in [1.82, 2.24) is 5.32 Å². The molecule has 0 amide bonds. The van der Waals surface area contributed by atoms with Crippen molar-refractivity contribution in [2.75, 3.05) is 0 Å². The third-order valence-electron chi connectivity index (χ3n) is 3.08. The highest BCUT2D eigenvalue weighted by Crippen LogP contribution is 2.29. The molecule has 0 saturated heterocycles. The molecular weight excluding hydrogens is 289 g/mol. The maximum atomic E-state index is 14.1. The van der Waals surface area contributed by atoms with E-state index in [1.54, 1.807) is 18.2 Å². The molecule has 0 saturated carbocycles. The molecule has 2 nitrogen and oxygen atoms in total. The van der Waals surface area contributed by atoms with Crippen molar-refractivity contribution < 1.29 is 9.13 Å². The Balaban J connectivity index is 2.15. The van der Waals surface area contributed by atoms with E-state index in [0.29, 0.717) is 23.4 Å². The van der Waals surface area contributed by atoms with Gasteiger partial charge in [0.25, 0.3) is 0 Å². The Kier molecular flexibility index (Phi) is 5.21. The van der Waals surface area contributed by atoms with Crippen molar-refractivity contribution in [3.05, 3.63) is 58.4 Å². The minimum absolute atomic E-state index is 0.202. The van der Waals surface area contributed by atoms with Gasteiger partial charge in [0.2, 0.25) is 0 Å². The average molecular weight is 308 g/mol. The van der Waals surface area contributed by atoms with Gasteiger partial charge in [-0.1, -0.05) is 37.6 Å². The van der Waals surface area contributed by atoms with Gasteiger partial charge in [-0.3, -0.25) is 0 Å². The highest BCUT2D eigenvalue weighted by molar-refractivity contribution is 6.30. The molecule has 1 N–H and O–H groups in total. The maximum absolute atomic E-state index is 14.1. The van der Waals surface area contributed by atoms with E-state index >= 15 is 0 Å². The van der Waals surface area contributed by atoms with E-state index in [1.165, 1.54) is 6.07 Å². The maximum Gasteiger partial charge on any atom is 0.166 e. The SMILES string of the molecule is Cc1ccc(Cl)cc1Oc1ccc(CNC(C)C)cc1F. The molecule has 0 radical (unpaired) electrons. The minimum Gasteiger partial charge on any atom is -0.454 e. The monoisotopic (exact) mass is 307 g/mol. The normalized spacial score (nSPS) is 11.0. The predicted molar refractivity (Wildman–Crippen MR) is 84.6 cm³/mol. The van der Waals surface area contributed by atoms with Crippen LogP contribution in [0.1, 0.15) is 25.0 Å². The smallest absolute Gasteiger partial charge is 0.166 e. The fraction of sp³-hybridized carbons (Fsp3) is 0.294. The number of ether oxygens (including phenoxy) is 1. The summed E-state index contributed by atoms with van der Waals surface area (Å²) in [7, 11) is 0. The summed E-state index contributed by atoms with van der Waals surface area (Å²) in [5.74, 6) is 0.389. The first-order valence-electron chi connectivity index (χ1n) is 6.91. The Morgan fingerprint density at radius 3 is 2.57 bits per heavy atom. The fourth-order valence-corrected chi connectivity index (χ4v) is 2.02. The van der Waals surface area contributed by atoms with Crippen LogP contribution in [-0.2, 0) is 6.54 Å². The van der Waals surface area contributed by atoms with Crippen molar-refractivity contribution in [3.63, 3.8) is 0 Å². The predicted octanol–water partition coefficient (Wildman–Crippen LogP) is 5.08. The van der Waals surface area contributed by atoms with Gasteiger partial charge in [-0.2, -0.15) is 0 Å². The molecule has 0 aromatic heterocycles. The summed E-state index contributed by atoms with van der Waals surface area (Å²) in [6.45, 7) is 6.63. The van der Waals surface area contributed by atoms with Gasteiger partial charge >= 0.3 is 0 Å². The van der Waals surface area contributed by atoms with Gasteiger partial charge in [0.15, 0.2) is 11.6 Å². The molecule has 0 bridgehead atoms. The van der Waals surface area contributed by atoms with Crippen molar-refractivity contribution in [2.24, 2.45) is 0 Å². The lowest BCUT2D eigenvalue weighted by Crippen LogP contribution is -2.21. The molecule has 0 aliphatic heterocycles. The van der Waals surface area contributed by atoms with Crippen LogP contribution >= 0.6 is 11.6 Å². The van der Waals surface area contributed by atoms with E-state index in [-0.39, 0.29) is 11.6 Å². The van der Waals surface area contributed by atoms with E-state index in [9.17, 15) is 4.39 Å². The van der Waals surface area contributed by atoms with Gasteiger partial charge in [0.05, 0.1) is 0 Å². The Bertz CT molecular complexity index is 628. The van der Waals surface area contributed by atoms with Gasteiger partial charge in [-0.05, 0) is 42.3 Å². The summed E-state index contributed by atoms with van der Waals surface area (Å²) in [6, 6.07) is 10.7. The van der Waals surface area contributed by atoms with E-state index in [2.05, 4.69) is 19.2 Å². The Hall–Kier alpha value is -1.58. The molecule has 2 aromatic carbocycles. The third-order valence-corrected chi connectivity index (χ3v) is 3.32. The van der Waals surface area contributed by atoms with Crippen molar-refractivity contribution in [3.8, 4) is 11.5 Å². The van der Waals surface area contributed by atoms with Gasteiger partial charge in [0.1, 0.15) is 5.75 Å². The second-order valence-electron chi connectivity index (χ2n) is 5.31. The van der Waals surface area contributed by atoms with Crippen LogP contribution in [0.15, 0.2) is 36.4 Å². The summed E-state index contributed by atoms with van der Waals surface area (Å²) in [5, 5.41) is 3.81. The topological polar surface area (TPSA) is 21.3 Å². The average Bonchev–Trinajstić information content (AvgIpc) is 2.43. The molecule has 21 heavy (non-hydrogen) atoms. The first-order chi connectivity index (χ1) is 9.95. The number of benzene rings is 2. The molecule has 0 spiro atoms. The largest absolute Gasteiger partial charge is 0.454 e. The lowest BCUT2D eigenvalue weighted by atomic mass is 10.2. The van der Waals surface area contributed by atoms with Crippen LogP contribution < -0.4 is 10.1 Å². The van der Waals surface area contributed by atoms with Crippen LogP contribution in [0.5, 0.6) is 11.5 Å². The second-order valence-corrected chi connectivity index (χ2v) is 5.75. The highest BCUT2D eigenvalue weighted by atomic mass is 35.5. The molecule has 112 valence electrons. The van der Waals surface area contributed by atoms with E-state index in [1.807, 2.05) is 19.1 Å². The minimum atomic E-state index is -0.377. The first-order valence-corrected chi connectivity index (χ1v) is 7.29. The molecule has 4 heteroatoms. The number of hydrogen-bond donors (Lipinski definition) is 1. The van der Waals surface area contributed by atoms with Crippen LogP contribution in [0, 0.1) is 12.7 Å². The second kappa shape index (κ2) is 6.92. The lowest BCUT2D eigenvalue weighted by Gasteiger charge is -2.12. The molecule has 0 atom stereocenters. The summed E-state index contributed by atoms with van der Waals surface area (Å²) >= 11 is 5.94. The van der Waals surface area contributed by atoms with Gasteiger partial charge < -0.3 is 10.1 Å². The Morgan fingerprint density at radius 2 is 1.90 bits per heavy atom. The van der Waals surface area contributed by atoms with Crippen molar-refractivity contribution in [2.45, 2.75) is 33.4 Å². The van der Waals surface area contributed by atoms with E-state index in [0.717, 1.165) is 11.1 Å². The van der Waals surface area contributed by atoms with Gasteiger partial charge in [-0.25, -0.2) is 4.39 Å². The van der Waals surface area contributed by atoms with Gasteiger partial charge in [0, 0.05) is 17.6 Å². The number of aryl methyl sites for hydroxylation is 1. The Morgan fingerprint density at radius 1 is 1.14 bits per heavy atom. The molecule has 0 fully saturated rings. The Labute approximate surface area is 129 Å². The molecule has 0 heterocycles. The molecular formula is C17H19ClFNO. The van der Waals surface area contributed by atoms with Crippen LogP contribution in [0.3, 0.4) is 0 Å². The standard InChI is InChI=1S/C17H19ClFNO/c1-11(2)20-10-13-5-7-16(15(19)8-13)21-17-9-14(18)6-4-12(17)3/h4-9,11,20H,10H2,1-3H3. The quantitative estimate of drug-likeness (QED) is 0.832. The number of nitrogens with one attached hydrogen (secondary N) is 1. The summed E-state index contributed by atoms with van der Waals surface area (Å²) in [6.07, 6.45) is 0. The number of hydrogen-bond acceptors (Lipinski definition) is 2. The zero-order valence-electron chi connectivity index (χ0n) is 12.4. The molecule has 2 aromatic rings. The van der Waals surface area contributed by atoms with Crippen molar-refractivity contribution >= 4 is 11.6 Å². The summed E-state index contributed by atoms with van der Waals surface area (Å²) < 4.78 is 19.7. The molecule has 2 rings (SSSR count). The lowest BCUT2D eigenvalue weighted by molar-refractivity contribution is 0.438. The zero-order valence-corrected chi connectivity index (χ0v) is 13.2. The van der Waals surface area contributed by atoms with E-state index in [4.69, 9.17) is 16.3 Å². The highest BCUT2D eigenvalue weighted by Gasteiger charge is 2.08. The van der Waals surface area contributed by atoms with Crippen molar-refractivity contribution in [1.29, 1.82) is 0 Å². The molecule has 0 unspecified atom stereocenters. The third kappa shape index (κ3) is 4.45. The van der Waals surface area contributed by atoms with Crippen LogP contribution in [0.4, 0.5) is 4.39 Å². The molecule has 0 aliphatic carbocycles.